The van der Waals surface area contributed by atoms with E-state index in [1.807, 2.05) is 48.5 Å². The fraction of sp³-hybridized carbons (Fsp3) is 0.257. The number of nitrogens with one attached hydrogen (secondary N) is 3. The van der Waals surface area contributed by atoms with E-state index in [4.69, 9.17) is 0 Å². The first-order valence-electron chi connectivity index (χ1n) is 14.3. The summed E-state index contributed by atoms with van der Waals surface area (Å²) in [7, 11) is 0. The van der Waals surface area contributed by atoms with Gasteiger partial charge in [0.1, 0.15) is 11.9 Å². The minimum atomic E-state index is -0.672. The second-order valence-corrected chi connectivity index (χ2v) is 10.6. The summed E-state index contributed by atoms with van der Waals surface area (Å²) in [6.45, 7) is 1.13. The van der Waals surface area contributed by atoms with Crippen molar-refractivity contribution in [1.82, 2.24) is 16.0 Å². The molecular weight excluding hydrogens is 513 g/mol. The number of benzene rings is 4. The Kier molecular flexibility index (Phi) is 9.55. The van der Waals surface area contributed by atoms with Crippen LogP contribution < -0.4 is 16.0 Å². The molecule has 1 aliphatic carbocycles. The molecule has 5 nitrogen and oxygen atoms in total. The lowest BCUT2D eigenvalue weighted by molar-refractivity contribution is -0.123. The van der Waals surface area contributed by atoms with Crippen LogP contribution in [-0.4, -0.2) is 30.4 Å². The van der Waals surface area contributed by atoms with Crippen LogP contribution in [-0.2, 0) is 11.3 Å². The van der Waals surface area contributed by atoms with Gasteiger partial charge in [0.2, 0.25) is 5.91 Å². The zero-order valence-electron chi connectivity index (χ0n) is 23.1. The molecule has 210 valence electrons. The SMILES string of the molecule is O=C(N[C@@H](CCCCNC1CC1c1ccccc1)C(=O)NCc1ccc(F)cc1)c1ccc(-c2ccccc2)cc1. The standard InChI is InChI=1S/C35H36FN3O2/c36-30-20-14-25(15-21-30)24-38-35(41)32(13-7-8-22-37-33-23-31(33)28-11-5-2-6-12-28)39-34(40)29-18-16-27(17-19-29)26-9-3-1-4-10-26/h1-6,9-12,14-21,31-33,37H,7-8,13,22-24H2,(H,38,41)(H,39,40)/t31?,32-,33?/m0/s1. The van der Waals surface area contributed by atoms with Gasteiger partial charge < -0.3 is 16.0 Å². The Morgan fingerprint density at radius 3 is 2.15 bits per heavy atom. The number of amides is 2. The summed E-state index contributed by atoms with van der Waals surface area (Å²) in [4.78, 5) is 26.3. The molecule has 2 unspecified atom stereocenters. The van der Waals surface area contributed by atoms with Gasteiger partial charge in [-0.2, -0.15) is 0 Å². The van der Waals surface area contributed by atoms with Crippen molar-refractivity contribution in [3.8, 4) is 11.1 Å². The normalized spacial score (nSPS) is 16.5. The third kappa shape index (κ3) is 8.12. The molecule has 1 saturated carbocycles. The molecule has 6 heteroatoms. The van der Waals surface area contributed by atoms with E-state index in [0.29, 0.717) is 23.9 Å². The molecule has 5 rings (SSSR count). The van der Waals surface area contributed by atoms with Crippen LogP contribution in [0.15, 0.2) is 109 Å². The molecule has 41 heavy (non-hydrogen) atoms. The van der Waals surface area contributed by atoms with Gasteiger partial charge in [-0.05, 0) is 78.7 Å². The highest BCUT2D eigenvalue weighted by Crippen LogP contribution is 2.40. The molecule has 1 aliphatic rings. The van der Waals surface area contributed by atoms with Crippen LogP contribution in [0.5, 0.6) is 0 Å². The quantitative estimate of drug-likeness (QED) is 0.173. The molecule has 0 heterocycles. The minimum Gasteiger partial charge on any atom is -0.350 e. The lowest BCUT2D eigenvalue weighted by atomic mass is 10.0. The number of carbonyl (C=O) groups excluding carboxylic acids is 2. The molecular formula is C35H36FN3O2. The van der Waals surface area contributed by atoms with Crippen LogP contribution in [0.3, 0.4) is 0 Å². The Morgan fingerprint density at radius 1 is 0.780 bits per heavy atom. The summed E-state index contributed by atoms with van der Waals surface area (Å²) < 4.78 is 13.3. The number of halogens is 1. The topological polar surface area (TPSA) is 70.2 Å². The van der Waals surface area contributed by atoms with E-state index in [9.17, 15) is 14.0 Å². The molecule has 4 aromatic rings. The van der Waals surface area contributed by atoms with Gasteiger partial charge >= 0.3 is 0 Å². The smallest absolute Gasteiger partial charge is 0.251 e. The average molecular weight is 550 g/mol. The van der Waals surface area contributed by atoms with Crippen molar-refractivity contribution in [3.05, 3.63) is 132 Å². The van der Waals surface area contributed by atoms with Crippen LogP contribution in [0, 0.1) is 5.82 Å². The van der Waals surface area contributed by atoms with E-state index >= 15 is 0 Å². The summed E-state index contributed by atoms with van der Waals surface area (Å²) in [5.74, 6) is -0.275. The molecule has 0 aromatic heterocycles. The zero-order chi connectivity index (χ0) is 28.4. The molecule has 1 fully saturated rings. The Balaban J connectivity index is 1.14. The summed E-state index contributed by atoms with van der Waals surface area (Å²) in [5, 5.41) is 9.48. The predicted octanol–water partition coefficient (Wildman–Crippen LogP) is 6.22. The maximum Gasteiger partial charge on any atom is 0.251 e. The third-order valence-electron chi connectivity index (χ3n) is 7.60. The maximum absolute atomic E-state index is 13.3. The largest absolute Gasteiger partial charge is 0.350 e. The van der Waals surface area contributed by atoms with Crippen molar-refractivity contribution in [2.45, 2.75) is 50.2 Å². The zero-order valence-corrected chi connectivity index (χ0v) is 23.1. The van der Waals surface area contributed by atoms with Gasteiger partial charge in [-0.25, -0.2) is 4.39 Å². The van der Waals surface area contributed by atoms with Gasteiger partial charge in [-0.15, -0.1) is 0 Å². The summed E-state index contributed by atoms with van der Waals surface area (Å²) in [6.07, 6.45) is 3.37. The first kappa shape index (κ1) is 28.2. The number of rotatable bonds is 13. The Morgan fingerprint density at radius 2 is 1.44 bits per heavy atom. The van der Waals surface area contributed by atoms with Crippen LogP contribution in [0.1, 0.15) is 53.1 Å². The van der Waals surface area contributed by atoms with Gasteiger partial charge in [0.05, 0.1) is 0 Å². The Bertz CT molecular complexity index is 1410. The lowest BCUT2D eigenvalue weighted by Crippen LogP contribution is -2.46. The van der Waals surface area contributed by atoms with Crippen molar-refractivity contribution >= 4 is 11.8 Å². The molecule has 0 aliphatic heterocycles. The van der Waals surface area contributed by atoms with Crippen LogP contribution in [0.2, 0.25) is 0 Å². The minimum absolute atomic E-state index is 0.247. The van der Waals surface area contributed by atoms with E-state index < -0.39 is 6.04 Å². The highest BCUT2D eigenvalue weighted by Gasteiger charge is 2.37. The Labute approximate surface area is 241 Å². The molecule has 3 atom stereocenters. The molecule has 0 spiro atoms. The fourth-order valence-corrected chi connectivity index (χ4v) is 5.12. The van der Waals surface area contributed by atoms with E-state index in [2.05, 4.69) is 40.2 Å². The number of carbonyl (C=O) groups is 2. The first-order chi connectivity index (χ1) is 20.1. The van der Waals surface area contributed by atoms with Crippen LogP contribution in [0.25, 0.3) is 11.1 Å². The average Bonchev–Trinajstić information content (AvgIpc) is 3.80. The van der Waals surface area contributed by atoms with Crippen LogP contribution >= 0.6 is 0 Å². The Hall–Kier alpha value is -4.29. The second kappa shape index (κ2) is 13.9. The summed E-state index contributed by atoms with van der Waals surface area (Å²) in [6, 6.07) is 33.8. The van der Waals surface area contributed by atoms with Gasteiger partial charge in [-0.1, -0.05) is 84.9 Å². The fourth-order valence-electron chi connectivity index (χ4n) is 5.12. The highest BCUT2D eigenvalue weighted by atomic mass is 19.1. The van der Waals surface area contributed by atoms with Crippen LogP contribution in [0.4, 0.5) is 4.39 Å². The summed E-state index contributed by atoms with van der Waals surface area (Å²) >= 11 is 0. The molecule has 2 amide bonds. The lowest BCUT2D eigenvalue weighted by Gasteiger charge is -2.19. The summed E-state index contributed by atoms with van der Waals surface area (Å²) in [5.41, 5.74) is 4.77. The highest BCUT2D eigenvalue weighted by molar-refractivity contribution is 5.97. The van der Waals surface area contributed by atoms with Crippen molar-refractivity contribution in [2.75, 3.05) is 6.54 Å². The van der Waals surface area contributed by atoms with Gasteiger partial charge in [-0.3, -0.25) is 9.59 Å². The third-order valence-corrected chi connectivity index (χ3v) is 7.60. The van der Waals surface area contributed by atoms with Crippen molar-refractivity contribution in [3.63, 3.8) is 0 Å². The monoisotopic (exact) mass is 549 g/mol. The second-order valence-electron chi connectivity index (χ2n) is 10.6. The molecule has 3 N–H and O–H groups in total. The van der Waals surface area contributed by atoms with Crippen molar-refractivity contribution in [2.24, 2.45) is 0 Å². The molecule has 0 bridgehead atoms. The molecule has 4 aromatic carbocycles. The van der Waals surface area contributed by atoms with E-state index in [1.54, 1.807) is 24.3 Å². The van der Waals surface area contributed by atoms with E-state index in [-0.39, 0.29) is 24.2 Å². The molecule has 0 radical (unpaired) electrons. The first-order valence-corrected chi connectivity index (χ1v) is 14.3. The number of hydrogen-bond acceptors (Lipinski definition) is 3. The van der Waals surface area contributed by atoms with Gasteiger partial charge in [0.15, 0.2) is 0 Å². The number of unbranched alkanes of at least 4 members (excludes halogenated alkanes) is 1. The molecule has 0 saturated heterocycles. The number of hydrogen-bond donors (Lipinski definition) is 3. The van der Waals surface area contributed by atoms with E-state index in [1.165, 1.54) is 17.7 Å². The van der Waals surface area contributed by atoms with E-state index in [0.717, 1.165) is 42.5 Å². The van der Waals surface area contributed by atoms with Crippen molar-refractivity contribution in [1.29, 1.82) is 0 Å². The maximum atomic E-state index is 13.3. The predicted molar refractivity (Wildman–Crippen MR) is 161 cm³/mol. The van der Waals surface area contributed by atoms with Gasteiger partial charge in [0, 0.05) is 24.1 Å². The van der Waals surface area contributed by atoms with Gasteiger partial charge in [0.25, 0.3) is 5.91 Å². The van der Waals surface area contributed by atoms with Crippen molar-refractivity contribution < 1.29 is 14.0 Å².